The molecule has 0 aliphatic carbocycles. The molecule has 2 N–H and O–H groups in total. The maximum Gasteiger partial charge on any atom is 0.237 e. The normalized spacial score (nSPS) is 20.5. The smallest absolute Gasteiger partial charge is 0.237 e. The van der Waals surface area contributed by atoms with E-state index in [0.29, 0.717) is 19.7 Å². The number of piperazine rings is 1. The van der Waals surface area contributed by atoms with Crippen LogP contribution < -0.4 is 10.0 Å². The van der Waals surface area contributed by atoms with Gasteiger partial charge in [0.25, 0.3) is 0 Å². The van der Waals surface area contributed by atoms with Crippen molar-refractivity contribution in [3.63, 3.8) is 0 Å². The first-order valence-corrected chi connectivity index (χ1v) is 8.16. The van der Waals surface area contributed by atoms with E-state index < -0.39 is 10.0 Å². The summed E-state index contributed by atoms with van der Waals surface area (Å²) in [6, 6.07) is 0.243. The summed E-state index contributed by atoms with van der Waals surface area (Å²) in [5, 5.41) is 3.22. The van der Waals surface area contributed by atoms with Gasteiger partial charge in [-0.1, -0.05) is 0 Å². The van der Waals surface area contributed by atoms with Gasteiger partial charge in [-0.25, -0.2) is 13.1 Å². The van der Waals surface area contributed by atoms with E-state index in [9.17, 15) is 13.2 Å². The molecule has 0 aromatic heterocycles. The van der Waals surface area contributed by atoms with E-state index in [1.54, 1.807) is 11.8 Å². The van der Waals surface area contributed by atoms with Gasteiger partial charge in [0.2, 0.25) is 15.9 Å². The lowest BCUT2D eigenvalue weighted by Crippen LogP contribution is -2.53. The largest absolute Gasteiger partial charge is 0.381 e. The van der Waals surface area contributed by atoms with Gasteiger partial charge < -0.3 is 15.0 Å². The first-order valence-electron chi connectivity index (χ1n) is 6.51. The quantitative estimate of drug-likeness (QED) is 0.574. The molecule has 1 amide bonds. The van der Waals surface area contributed by atoms with Crippen LogP contribution in [-0.4, -0.2) is 70.4 Å². The van der Waals surface area contributed by atoms with Gasteiger partial charge in [-0.05, 0) is 13.8 Å². The van der Waals surface area contributed by atoms with E-state index in [2.05, 4.69) is 10.0 Å². The fourth-order valence-electron chi connectivity index (χ4n) is 1.83. The van der Waals surface area contributed by atoms with Crippen LogP contribution in [0.2, 0.25) is 0 Å². The van der Waals surface area contributed by atoms with Crippen molar-refractivity contribution in [3.8, 4) is 0 Å². The number of rotatable bonds is 7. The number of hydrogen-bond acceptors (Lipinski definition) is 5. The van der Waals surface area contributed by atoms with E-state index in [-0.39, 0.29) is 30.9 Å². The zero-order valence-electron chi connectivity index (χ0n) is 11.5. The maximum atomic E-state index is 11.9. The molecule has 7 nitrogen and oxygen atoms in total. The Bertz CT molecular complexity index is 385. The Morgan fingerprint density at radius 2 is 2.26 bits per heavy atom. The van der Waals surface area contributed by atoms with Crippen molar-refractivity contribution in [2.75, 3.05) is 45.1 Å². The van der Waals surface area contributed by atoms with Crippen molar-refractivity contribution < 1.29 is 17.9 Å². The second-order valence-corrected chi connectivity index (χ2v) is 6.46. The molecule has 0 spiro atoms. The van der Waals surface area contributed by atoms with Crippen LogP contribution in [0.4, 0.5) is 0 Å². The van der Waals surface area contributed by atoms with Crippen molar-refractivity contribution in [2.24, 2.45) is 0 Å². The van der Waals surface area contributed by atoms with E-state index >= 15 is 0 Å². The number of ether oxygens (including phenoxy) is 1. The molecule has 1 unspecified atom stereocenters. The Kier molecular flexibility index (Phi) is 6.70. The number of sulfonamides is 1. The summed E-state index contributed by atoms with van der Waals surface area (Å²) in [5.74, 6) is -0.306. The van der Waals surface area contributed by atoms with Crippen LogP contribution in [0, 0.1) is 0 Å². The van der Waals surface area contributed by atoms with Gasteiger partial charge in [0.1, 0.15) is 0 Å². The molecule has 19 heavy (non-hydrogen) atoms. The van der Waals surface area contributed by atoms with Gasteiger partial charge in [-0.15, -0.1) is 0 Å². The van der Waals surface area contributed by atoms with Crippen LogP contribution in [0.15, 0.2) is 0 Å². The number of hydrogen-bond donors (Lipinski definition) is 2. The summed E-state index contributed by atoms with van der Waals surface area (Å²) in [5.41, 5.74) is 0. The summed E-state index contributed by atoms with van der Waals surface area (Å²) in [4.78, 5) is 13.5. The number of amides is 1. The van der Waals surface area contributed by atoms with Gasteiger partial charge in [0.05, 0.1) is 18.9 Å². The second kappa shape index (κ2) is 7.78. The van der Waals surface area contributed by atoms with Crippen molar-refractivity contribution >= 4 is 15.9 Å². The Balaban J connectivity index is 2.32. The van der Waals surface area contributed by atoms with Crippen molar-refractivity contribution in [1.82, 2.24) is 14.9 Å². The number of carbonyl (C=O) groups is 1. The number of carbonyl (C=O) groups excluding carboxylic acids is 1. The van der Waals surface area contributed by atoms with E-state index in [4.69, 9.17) is 4.74 Å². The predicted octanol–water partition coefficient (Wildman–Crippen LogP) is -1.24. The SMILES string of the molecule is CCOCCS(=O)(=O)NCC(=O)N1CCNC(C)C1. The molecule has 1 atom stereocenters. The molecular formula is C11H23N3O4S. The van der Waals surface area contributed by atoms with E-state index in [1.807, 2.05) is 6.92 Å². The minimum absolute atomic E-state index is 0.119. The van der Waals surface area contributed by atoms with Crippen LogP contribution in [0.5, 0.6) is 0 Å². The molecule has 8 heteroatoms. The summed E-state index contributed by atoms with van der Waals surface area (Å²) >= 11 is 0. The highest BCUT2D eigenvalue weighted by molar-refractivity contribution is 7.89. The van der Waals surface area contributed by atoms with Gasteiger partial charge in [-0.3, -0.25) is 4.79 Å². The molecule has 1 heterocycles. The Morgan fingerprint density at radius 3 is 2.89 bits per heavy atom. The molecule has 1 saturated heterocycles. The Labute approximate surface area is 114 Å². The zero-order valence-corrected chi connectivity index (χ0v) is 12.3. The molecule has 0 radical (unpaired) electrons. The van der Waals surface area contributed by atoms with Crippen molar-refractivity contribution in [1.29, 1.82) is 0 Å². The number of nitrogens with zero attached hydrogens (tertiary/aromatic N) is 1. The average Bonchev–Trinajstić information content (AvgIpc) is 2.36. The maximum absolute atomic E-state index is 11.9. The number of nitrogens with one attached hydrogen (secondary N) is 2. The molecule has 0 saturated carbocycles. The third-order valence-electron chi connectivity index (χ3n) is 2.87. The minimum Gasteiger partial charge on any atom is -0.381 e. The molecule has 112 valence electrons. The Hall–Kier alpha value is -0.700. The standard InChI is InChI=1S/C11H23N3O4S/c1-3-18-6-7-19(16,17)13-8-11(15)14-5-4-12-10(2)9-14/h10,12-13H,3-9H2,1-2H3. The fraction of sp³-hybridized carbons (Fsp3) is 0.909. The average molecular weight is 293 g/mol. The lowest BCUT2D eigenvalue weighted by Gasteiger charge is -2.31. The van der Waals surface area contributed by atoms with Gasteiger partial charge in [-0.2, -0.15) is 0 Å². The molecule has 1 rings (SSSR count). The molecule has 1 aliphatic rings. The summed E-state index contributed by atoms with van der Waals surface area (Å²) < 4.78 is 30.5. The second-order valence-electron chi connectivity index (χ2n) is 4.53. The van der Waals surface area contributed by atoms with Gasteiger partial charge in [0, 0.05) is 32.3 Å². The van der Waals surface area contributed by atoms with Gasteiger partial charge >= 0.3 is 0 Å². The van der Waals surface area contributed by atoms with Crippen molar-refractivity contribution in [2.45, 2.75) is 19.9 Å². The van der Waals surface area contributed by atoms with Gasteiger partial charge in [0.15, 0.2) is 0 Å². The van der Waals surface area contributed by atoms with Crippen LogP contribution in [-0.2, 0) is 19.6 Å². The molecule has 0 bridgehead atoms. The van der Waals surface area contributed by atoms with Crippen LogP contribution >= 0.6 is 0 Å². The topological polar surface area (TPSA) is 87.7 Å². The van der Waals surface area contributed by atoms with E-state index in [0.717, 1.165) is 6.54 Å². The molecule has 1 fully saturated rings. The summed E-state index contributed by atoms with van der Waals surface area (Å²) in [7, 11) is -3.44. The predicted molar refractivity (Wildman–Crippen MR) is 72.3 cm³/mol. The molecule has 0 aromatic carbocycles. The van der Waals surface area contributed by atoms with E-state index in [1.165, 1.54) is 0 Å². The highest BCUT2D eigenvalue weighted by Crippen LogP contribution is 1.99. The van der Waals surface area contributed by atoms with Crippen LogP contribution in [0.1, 0.15) is 13.8 Å². The summed E-state index contributed by atoms with van der Waals surface area (Å²) in [6.45, 7) is 6.20. The first kappa shape index (κ1) is 16.4. The Morgan fingerprint density at radius 1 is 1.53 bits per heavy atom. The van der Waals surface area contributed by atoms with Crippen molar-refractivity contribution in [3.05, 3.63) is 0 Å². The monoisotopic (exact) mass is 293 g/mol. The zero-order chi connectivity index (χ0) is 14.3. The lowest BCUT2D eigenvalue weighted by atomic mass is 10.2. The third-order valence-corrected chi connectivity index (χ3v) is 4.15. The minimum atomic E-state index is -3.44. The molecular weight excluding hydrogens is 270 g/mol. The van der Waals surface area contributed by atoms with Crippen LogP contribution in [0.3, 0.4) is 0 Å². The molecule has 1 aliphatic heterocycles. The summed E-state index contributed by atoms with van der Waals surface area (Å²) in [6.07, 6.45) is 0. The highest BCUT2D eigenvalue weighted by atomic mass is 32.2. The highest BCUT2D eigenvalue weighted by Gasteiger charge is 2.21. The first-order chi connectivity index (χ1) is 8.94. The lowest BCUT2D eigenvalue weighted by molar-refractivity contribution is -0.131. The fourth-order valence-corrected chi connectivity index (χ4v) is 2.65. The van der Waals surface area contributed by atoms with Crippen LogP contribution in [0.25, 0.3) is 0 Å². The molecule has 0 aromatic rings. The third kappa shape index (κ3) is 6.33.